The zero-order valence-electron chi connectivity index (χ0n) is 18.1. The van der Waals surface area contributed by atoms with Crippen LogP contribution in [0.3, 0.4) is 0 Å². The average Bonchev–Trinajstić information content (AvgIpc) is 3.11. The van der Waals surface area contributed by atoms with Crippen LogP contribution in [-0.2, 0) is 19.1 Å². The van der Waals surface area contributed by atoms with Crippen LogP contribution in [-0.4, -0.2) is 66.7 Å². The Bertz CT molecular complexity index is 594. The van der Waals surface area contributed by atoms with E-state index in [1.54, 1.807) is 4.90 Å². The number of amides is 3. The van der Waals surface area contributed by atoms with Crippen LogP contribution < -0.4 is 0 Å². The van der Waals surface area contributed by atoms with Gasteiger partial charge in [0.25, 0.3) is 0 Å². The quantitative estimate of drug-likeness (QED) is 0.675. The number of carbonyl (C=O) groups excluding carboxylic acids is 3. The number of hydrogen-bond donors (Lipinski definition) is 0. The molecule has 2 atom stereocenters. The van der Waals surface area contributed by atoms with Gasteiger partial charge in [0.05, 0.1) is 19.3 Å². The van der Waals surface area contributed by atoms with Crippen LogP contribution in [0.15, 0.2) is 0 Å². The molecule has 1 unspecified atom stereocenters. The number of morpholine rings is 1. The lowest BCUT2D eigenvalue weighted by atomic mass is 9.77. The van der Waals surface area contributed by atoms with Gasteiger partial charge in [-0.3, -0.25) is 9.59 Å². The summed E-state index contributed by atoms with van der Waals surface area (Å²) in [6.07, 6.45) is 4.81. The van der Waals surface area contributed by atoms with Crippen molar-refractivity contribution in [1.29, 1.82) is 0 Å². The van der Waals surface area contributed by atoms with Crippen LogP contribution in [0.4, 0.5) is 4.79 Å². The van der Waals surface area contributed by atoms with Gasteiger partial charge >= 0.3 is 6.09 Å². The van der Waals surface area contributed by atoms with E-state index in [9.17, 15) is 14.4 Å². The number of cyclic esters (lactones) is 1. The van der Waals surface area contributed by atoms with Crippen molar-refractivity contribution >= 4 is 17.9 Å². The normalized spacial score (nSPS) is 29.1. The van der Waals surface area contributed by atoms with Crippen LogP contribution in [0.5, 0.6) is 0 Å². The van der Waals surface area contributed by atoms with E-state index in [0.29, 0.717) is 38.6 Å². The molecule has 0 radical (unpaired) electrons. The molecule has 7 nitrogen and oxygen atoms in total. The molecule has 7 heteroatoms. The molecule has 0 bridgehead atoms. The molecule has 3 fully saturated rings. The number of ether oxygens (including phenoxy) is 2. The van der Waals surface area contributed by atoms with Gasteiger partial charge in [0.2, 0.25) is 11.8 Å². The van der Waals surface area contributed by atoms with E-state index >= 15 is 0 Å². The van der Waals surface area contributed by atoms with Gasteiger partial charge in [-0.2, -0.15) is 0 Å². The summed E-state index contributed by atoms with van der Waals surface area (Å²) in [4.78, 5) is 41.8. The molecule has 3 rings (SSSR count). The van der Waals surface area contributed by atoms with Gasteiger partial charge < -0.3 is 14.4 Å². The molecule has 3 aliphatic rings. The Balaban J connectivity index is 1.72. The first kappa shape index (κ1) is 22.1. The fourth-order valence-electron chi connectivity index (χ4n) is 4.77. The monoisotopic (exact) mass is 408 g/mol. The van der Waals surface area contributed by atoms with Crippen molar-refractivity contribution in [2.45, 2.75) is 65.3 Å². The molecule has 0 spiro atoms. The van der Waals surface area contributed by atoms with Crippen molar-refractivity contribution in [1.82, 2.24) is 9.80 Å². The molecule has 0 N–H and O–H groups in total. The van der Waals surface area contributed by atoms with Crippen LogP contribution >= 0.6 is 0 Å². The Hall–Kier alpha value is -1.63. The zero-order valence-corrected chi connectivity index (χ0v) is 18.1. The van der Waals surface area contributed by atoms with Crippen molar-refractivity contribution in [3.63, 3.8) is 0 Å². The summed E-state index contributed by atoms with van der Waals surface area (Å²) < 4.78 is 10.5. The molecule has 29 heavy (non-hydrogen) atoms. The molecule has 164 valence electrons. The summed E-state index contributed by atoms with van der Waals surface area (Å²) in [5.74, 6) is 0.589. The number of hydrogen-bond acceptors (Lipinski definition) is 5. The standard InChI is InChI=1S/C22H36N2O5/c1-15(2)19-14-29-22(27)24(19)21(26)18(12-17-6-4-16(3)5-7-17)13-20(25)23-8-10-28-11-9-23/h15-19H,4-14H2,1-3H3/t16?,17?,18-,19?/m0/s1. The fraction of sp³-hybridized carbons (Fsp3) is 0.864. The Labute approximate surface area is 174 Å². The first-order valence-electron chi connectivity index (χ1n) is 11.2. The molecule has 0 aromatic heterocycles. The third-order valence-corrected chi connectivity index (χ3v) is 6.80. The summed E-state index contributed by atoms with van der Waals surface area (Å²) in [6, 6.07) is -0.248. The minimum absolute atomic E-state index is 0.00973. The molecule has 0 aromatic rings. The lowest BCUT2D eigenvalue weighted by molar-refractivity contribution is -0.143. The first-order valence-corrected chi connectivity index (χ1v) is 11.2. The maximum Gasteiger partial charge on any atom is 0.416 e. The number of imide groups is 1. The second-order valence-corrected chi connectivity index (χ2v) is 9.35. The second-order valence-electron chi connectivity index (χ2n) is 9.35. The van der Waals surface area contributed by atoms with E-state index in [1.165, 1.54) is 17.7 Å². The van der Waals surface area contributed by atoms with Gasteiger partial charge in [0.15, 0.2) is 0 Å². The van der Waals surface area contributed by atoms with Crippen molar-refractivity contribution < 1.29 is 23.9 Å². The first-order chi connectivity index (χ1) is 13.9. The molecular formula is C22H36N2O5. The van der Waals surface area contributed by atoms with Gasteiger partial charge in [-0.05, 0) is 24.2 Å². The number of nitrogens with zero attached hydrogens (tertiary/aromatic N) is 2. The SMILES string of the molecule is CC1CCC(C[C@@H](CC(=O)N2CCOCC2)C(=O)N2C(=O)OCC2C(C)C)CC1. The van der Waals surface area contributed by atoms with Gasteiger partial charge in [0.1, 0.15) is 6.61 Å². The predicted molar refractivity (Wildman–Crippen MR) is 108 cm³/mol. The van der Waals surface area contributed by atoms with Crippen molar-refractivity contribution in [3.8, 4) is 0 Å². The topological polar surface area (TPSA) is 76.2 Å². The highest BCUT2D eigenvalue weighted by Gasteiger charge is 2.43. The third kappa shape index (κ3) is 5.50. The minimum Gasteiger partial charge on any atom is -0.447 e. The van der Waals surface area contributed by atoms with E-state index in [1.807, 2.05) is 13.8 Å². The Morgan fingerprint density at radius 2 is 1.76 bits per heavy atom. The molecular weight excluding hydrogens is 372 g/mol. The van der Waals surface area contributed by atoms with Crippen LogP contribution in [0, 0.1) is 23.7 Å². The summed E-state index contributed by atoms with van der Waals surface area (Å²) in [7, 11) is 0. The fourth-order valence-corrected chi connectivity index (χ4v) is 4.77. The van der Waals surface area contributed by atoms with E-state index in [4.69, 9.17) is 9.47 Å². The highest BCUT2D eigenvalue weighted by molar-refractivity contribution is 5.96. The lowest BCUT2D eigenvalue weighted by Crippen LogP contribution is -2.47. The maximum absolute atomic E-state index is 13.5. The lowest BCUT2D eigenvalue weighted by Gasteiger charge is -2.33. The molecule has 2 aliphatic heterocycles. The Morgan fingerprint density at radius 1 is 1.10 bits per heavy atom. The van der Waals surface area contributed by atoms with Gasteiger partial charge in [0, 0.05) is 25.4 Å². The van der Waals surface area contributed by atoms with Crippen molar-refractivity contribution in [2.24, 2.45) is 23.7 Å². The summed E-state index contributed by atoms with van der Waals surface area (Å²) in [5.41, 5.74) is 0. The summed E-state index contributed by atoms with van der Waals surface area (Å²) in [6.45, 7) is 8.72. The summed E-state index contributed by atoms with van der Waals surface area (Å²) >= 11 is 0. The molecule has 1 aliphatic carbocycles. The molecule has 3 amide bonds. The third-order valence-electron chi connectivity index (χ3n) is 6.80. The van der Waals surface area contributed by atoms with E-state index in [-0.39, 0.29) is 36.8 Å². The van der Waals surface area contributed by atoms with Crippen molar-refractivity contribution in [3.05, 3.63) is 0 Å². The van der Waals surface area contributed by atoms with Gasteiger partial charge in [-0.1, -0.05) is 46.5 Å². The maximum atomic E-state index is 13.5. The van der Waals surface area contributed by atoms with Gasteiger partial charge in [-0.25, -0.2) is 9.69 Å². The minimum atomic E-state index is -0.560. The molecule has 2 saturated heterocycles. The van der Waals surface area contributed by atoms with Crippen LogP contribution in [0.25, 0.3) is 0 Å². The zero-order chi connectivity index (χ0) is 21.0. The Kier molecular flexibility index (Phi) is 7.55. The predicted octanol–water partition coefficient (Wildman–Crippen LogP) is 3.07. The largest absolute Gasteiger partial charge is 0.447 e. The average molecular weight is 409 g/mol. The molecule has 1 saturated carbocycles. The number of carbonyl (C=O) groups is 3. The van der Waals surface area contributed by atoms with Gasteiger partial charge in [-0.15, -0.1) is 0 Å². The van der Waals surface area contributed by atoms with E-state index in [2.05, 4.69) is 6.92 Å². The van der Waals surface area contributed by atoms with Crippen LogP contribution in [0.1, 0.15) is 59.3 Å². The smallest absolute Gasteiger partial charge is 0.416 e. The second kappa shape index (κ2) is 9.92. The molecule has 0 aromatic carbocycles. The Morgan fingerprint density at radius 3 is 2.38 bits per heavy atom. The van der Waals surface area contributed by atoms with Crippen LogP contribution in [0.2, 0.25) is 0 Å². The summed E-state index contributed by atoms with van der Waals surface area (Å²) in [5, 5.41) is 0. The van der Waals surface area contributed by atoms with Crippen molar-refractivity contribution in [2.75, 3.05) is 32.9 Å². The van der Waals surface area contributed by atoms with E-state index in [0.717, 1.165) is 18.8 Å². The highest BCUT2D eigenvalue weighted by atomic mass is 16.6. The van der Waals surface area contributed by atoms with E-state index < -0.39 is 12.0 Å². The number of rotatable bonds is 6. The molecule has 2 heterocycles. The highest BCUT2D eigenvalue weighted by Crippen LogP contribution is 2.35.